The molecule has 1 saturated carbocycles. The number of aliphatic hydroxyl groups is 1. The SMILES string of the molecule is Cc1cc(C(=O)COC(=O)C2(O)CCCC2)c(C)n1-c1cccc(F)c1. The van der Waals surface area contributed by atoms with E-state index in [1.165, 1.54) is 12.1 Å². The van der Waals surface area contributed by atoms with Crippen molar-refractivity contribution in [2.24, 2.45) is 0 Å². The van der Waals surface area contributed by atoms with E-state index < -0.39 is 18.2 Å². The maximum Gasteiger partial charge on any atom is 0.338 e. The number of ketones is 1. The highest BCUT2D eigenvalue weighted by Crippen LogP contribution is 2.30. The predicted octanol–water partition coefficient (Wildman–Crippen LogP) is 3.26. The molecule has 0 amide bonds. The first kappa shape index (κ1) is 18.3. The summed E-state index contributed by atoms with van der Waals surface area (Å²) in [5.41, 5.74) is 0.999. The first-order valence-corrected chi connectivity index (χ1v) is 8.69. The van der Waals surface area contributed by atoms with Crippen molar-refractivity contribution >= 4 is 11.8 Å². The molecule has 5 nitrogen and oxygen atoms in total. The van der Waals surface area contributed by atoms with E-state index in [4.69, 9.17) is 4.74 Å². The monoisotopic (exact) mass is 359 g/mol. The van der Waals surface area contributed by atoms with Crippen LogP contribution in [-0.2, 0) is 9.53 Å². The van der Waals surface area contributed by atoms with Crippen LogP contribution in [0.25, 0.3) is 5.69 Å². The van der Waals surface area contributed by atoms with E-state index in [9.17, 15) is 19.1 Å². The Hall–Kier alpha value is -2.47. The molecule has 0 saturated heterocycles. The van der Waals surface area contributed by atoms with Gasteiger partial charge in [0, 0.05) is 22.6 Å². The van der Waals surface area contributed by atoms with Crippen molar-refractivity contribution in [3.63, 3.8) is 0 Å². The first-order valence-electron chi connectivity index (χ1n) is 8.69. The topological polar surface area (TPSA) is 68.5 Å². The molecule has 0 spiro atoms. The molecular weight excluding hydrogens is 337 g/mol. The van der Waals surface area contributed by atoms with Gasteiger partial charge in [-0.1, -0.05) is 6.07 Å². The lowest BCUT2D eigenvalue weighted by atomic mass is 10.0. The number of ether oxygens (including phenoxy) is 1. The van der Waals surface area contributed by atoms with Gasteiger partial charge in [0.15, 0.2) is 12.2 Å². The number of hydrogen-bond donors (Lipinski definition) is 1. The number of halogens is 1. The average molecular weight is 359 g/mol. The van der Waals surface area contributed by atoms with Crippen molar-refractivity contribution in [1.82, 2.24) is 4.57 Å². The van der Waals surface area contributed by atoms with Crippen LogP contribution in [0, 0.1) is 19.7 Å². The van der Waals surface area contributed by atoms with Crippen molar-refractivity contribution < 1.29 is 23.8 Å². The van der Waals surface area contributed by atoms with Crippen LogP contribution in [0.3, 0.4) is 0 Å². The number of carbonyl (C=O) groups excluding carboxylic acids is 2. The fraction of sp³-hybridized carbons (Fsp3) is 0.400. The zero-order chi connectivity index (χ0) is 18.9. The first-order chi connectivity index (χ1) is 12.3. The molecule has 0 bridgehead atoms. The molecular formula is C20H22FNO4. The number of aryl methyl sites for hydroxylation is 1. The third-order valence-electron chi connectivity index (χ3n) is 4.94. The van der Waals surface area contributed by atoms with E-state index in [1.54, 1.807) is 29.7 Å². The minimum atomic E-state index is -1.46. The highest BCUT2D eigenvalue weighted by Gasteiger charge is 2.40. The quantitative estimate of drug-likeness (QED) is 0.657. The molecule has 1 N–H and O–H groups in total. The van der Waals surface area contributed by atoms with Crippen molar-refractivity contribution in [3.05, 3.63) is 53.1 Å². The molecule has 1 aromatic carbocycles. The minimum Gasteiger partial charge on any atom is -0.455 e. The van der Waals surface area contributed by atoms with Gasteiger partial charge >= 0.3 is 5.97 Å². The van der Waals surface area contributed by atoms with Crippen LogP contribution < -0.4 is 0 Å². The van der Waals surface area contributed by atoms with Crippen molar-refractivity contribution in [3.8, 4) is 5.69 Å². The van der Waals surface area contributed by atoms with Crippen LogP contribution in [0.1, 0.15) is 47.4 Å². The lowest BCUT2D eigenvalue weighted by Crippen LogP contribution is -2.38. The number of rotatable bonds is 5. The van der Waals surface area contributed by atoms with Crippen LogP contribution in [0.2, 0.25) is 0 Å². The van der Waals surface area contributed by atoms with Gasteiger partial charge in [0.25, 0.3) is 0 Å². The fourth-order valence-electron chi connectivity index (χ4n) is 3.56. The molecule has 1 aromatic heterocycles. The standard InChI is InChI=1S/C20H22FNO4/c1-13-10-17(14(2)22(13)16-7-5-6-15(21)11-16)18(23)12-26-19(24)20(25)8-3-4-9-20/h5-7,10-11,25H,3-4,8-9,12H2,1-2H3. The molecule has 1 heterocycles. The zero-order valence-electron chi connectivity index (χ0n) is 14.9. The Labute approximate surface area is 151 Å². The highest BCUT2D eigenvalue weighted by atomic mass is 19.1. The smallest absolute Gasteiger partial charge is 0.338 e. The van der Waals surface area contributed by atoms with Gasteiger partial charge in [-0.05, 0) is 63.8 Å². The second-order valence-corrected chi connectivity index (χ2v) is 6.84. The van der Waals surface area contributed by atoms with Gasteiger partial charge in [-0.15, -0.1) is 0 Å². The van der Waals surface area contributed by atoms with Crippen molar-refractivity contribution in [2.45, 2.75) is 45.1 Å². The molecule has 0 radical (unpaired) electrons. The Morgan fingerprint density at radius 2 is 1.92 bits per heavy atom. The molecule has 138 valence electrons. The van der Waals surface area contributed by atoms with Crippen molar-refractivity contribution in [2.75, 3.05) is 6.61 Å². The molecule has 26 heavy (non-hydrogen) atoms. The molecule has 0 atom stereocenters. The largest absolute Gasteiger partial charge is 0.455 e. The molecule has 1 aliphatic carbocycles. The summed E-state index contributed by atoms with van der Waals surface area (Å²) in [4.78, 5) is 24.6. The van der Waals surface area contributed by atoms with Crippen LogP contribution in [0.15, 0.2) is 30.3 Å². The zero-order valence-corrected chi connectivity index (χ0v) is 14.9. The number of nitrogens with zero attached hydrogens (tertiary/aromatic N) is 1. The molecule has 1 fully saturated rings. The summed E-state index contributed by atoms with van der Waals surface area (Å²) in [5.74, 6) is -1.44. The predicted molar refractivity (Wildman–Crippen MR) is 93.9 cm³/mol. The van der Waals surface area contributed by atoms with Crippen LogP contribution in [0.5, 0.6) is 0 Å². The second kappa shape index (κ2) is 7.03. The Bertz CT molecular complexity index is 849. The molecule has 1 aliphatic rings. The molecule has 0 aliphatic heterocycles. The summed E-state index contributed by atoms with van der Waals surface area (Å²) >= 11 is 0. The van der Waals surface area contributed by atoms with E-state index in [-0.39, 0.29) is 11.6 Å². The number of carbonyl (C=O) groups is 2. The maximum atomic E-state index is 13.5. The van der Waals surface area contributed by atoms with Gasteiger partial charge in [-0.2, -0.15) is 0 Å². The Kier molecular flexibility index (Phi) is 4.96. The third-order valence-corrected chi connectivity index (χ3v) is 4.94. The molecule has 3 rings (SSSR count). The van der Waals surface area contributed by atoms with Gasteiger partial charge in [-0.25, -0.2) is 9.18 Å². The van der Waals surface area contributed by atoms with Gasteiger partial charge in [0.2, 0.25) is 5.78 Å². The van der Waals surface area contributed by atoms with Crippen LogP contribution in [0.4, 0.5) is 4.39 Å². The summed E-state index contributed by atoms with van der Waals surface area (Å²) < 4.78 is 20.4. The highest BCUT2D eigenvalue weighted by molar-refractivity contribution is 5.99. The van der Waals surface area contributed by atoms with Crippen molar-refractivity contribution in [1.29, 1.82) is 0 Å². The molecule has 2 aromatic rings. The maximum absolute atomic E-state index is 13.5. The lowest BCUT2D eigenvalue weighted by molar-refractivity contribution is -0.163. The van der Waals surface area contributed by atoms with Crippen LogP contribution in [-0.4, -0.2) is 33.6 Å². The van der Waals surface area contributed by atoms with Gasteiger partial charge in [0.05, 0.1) is 0 Å². The number of Topliss-reactive ketones (excluding diaryl/α,β-unsaturated/α-hetero) is 1. The summed E-state index contributed by atoms with van der Waals surface area (Å²) in [6, 6.07) is 7.81. The Balaban J connectivity index is 1.76. The van der Waals surface area contributed by atoms with Crippen LogP contribution >= 0.6 is 0 Å². The Morgan fingerprint density at radius 1 is 1.23 bits per heavy atom. The molecule has 6 heteroatoms. The third kappa shape index (κ3) is 3.42. The molecule has 0 unspecified atom stereocenters. The van der Waals surface area contributed by atoms with E-state index in [1.807, 2.05) is 6.92 Å². The second-order valence-electron chi connectivity index (χ2n) is 6.84. The number of hydrogen-bond acceptors (Lipinski definition) is 4. The summed E-state index contributed by atoms with van der Waals surface area (Å²) in [7, 11) is 0. The van der Waals surface area contributed by atoms with Gasteiger partial charge in [-0.3, -0.25) is 4.79 Å². The van der Waals surface area contributed by atoms with E-state index >= 15 is 0 Å². The fourth-order valence-corrected chi connectivity index (χ4v) is 3.56. The summed E-state index contributed by atoms with van der Waals surface area (Å²) in [6.45, 7) is 3.16. The van der Waals surface area contributed by atoms with E-state index in [0.29, 0.717) is 29.8 Å². The Morgan fingerprint density at radius 3 is 2.58 bits per heavy atom. The number of esters is 1. The summed E-state index contributed by atoms with van der Waals surface area (Å²) in [5, 5.41) is 10.2. The number of aromatic nitrogens is 1. The summed E-state index contributed by atoms with van der Waals surface area (Å²) in [6.07, 6.45) is 2.28. The van der Waals surface area contributed by atoms with Gasteiger partial charge < -0.3 is 14.4 Å². The van der Waals surface area contributed by atoms with E-state index in [0.717, 1.165) is 18.5 Å². The normalized spacial score (nSPS) is 15.8. The lowest BCUT2D eigenvalue weighted by Gasteiger charge is -2.19. The van der Waals surface area contributed by atoms with Gasteiger partial charge in [0.1, 0.15) is 5.82 Å². The van der Waals surface area contributed by atoms with E-state index in [2.05, 4.69) is 0 Å². The number of benzene rings is 1. The average Bonchev–Trinajstić information content (AvgIpc) is 3.17. The minimum absolute atomic E-state index is 0.351.